The summed E-state index contributed by atoms with van der Waals surface area (Å²) in [6.45, 7) is 4.26. The van der Waals surface area contributed by atoms with Gasteiger partial charge in [0.25, 0.3) is 5.91 Å². The molecule has 1 aliphatic heterocycles. The van der Waals surface area contributed by atoms with E-state index in [2.05, 4.69) is 52.3 Å². The van der Waals surface area contributed by atoms with Gasteiger partial charge in [-0.25, -0.2) is 9.59 Å². The van der Waals surface area contributed by atoms with Gasteiger partial charge < -0.3 is 15.1 Å². The van der Waals surface area contributed by atoms with Crippen LogP contribution in [-0.4, -0.2) is 69.0 Å². The lowest BCUT2D eigenvalue weighted by Gasteiger charge is -2.34. The Morgan fingerprint density at radius 3 is 2.13 bits per heavy atom. The molecular weight excluding hydrogens is 398 g/mol. The quantitative estimate of drug-likeness (QED) is 0.625. The van der Waals surface area contributed by atoms with E-state index in [1.54, 1.807) is 12.4 Å². The van der Waals surface area contributed by atoms with E-state index in [9.17, 15) is 4.79 Å². The predicted molar refractivity (Wildman–Crippen MR) is 115 cm³/mol. The van der Waals surface area contributed by atoms with Crippen molar-refractivity contribution >= 4 is 28.6 Å². The zero-order chi connectivity index (χ0) is 22.2. The van der Waals surface area contributed by atoms with Crippen molar-refractivity contribution in [2.24, 2.45) is 0 Å². The smallest absolute Gasteiger partial charge is 0.414 e. The van der Waals surface area contributed by atoms with Crippen molar-refractivity contribution in [2.75, 3.05) is 26.2 Å². The van der Waals surface area contributed by atoms with Gasteiger partial charge in [-0.15, -0.1) is 0 Å². The molecule has 31 heavy (non-hydrogen) atoms. The number of carbonyl (C=O) groups is 3. The van der Waals surface area contributed by atoms with Gasteiger partial charge in [0.2, 0.25) is 0 Å². The molecule has 0 atom stereocenters. The Morgan fingerprint density at radius 1 is 0.839 bits per heavy atom. The first kappa shape index (κ1) is 21.9. The number of aromatic nitrogens is 1. The van der Waals surface area contributed by atoms with E-state index in [4.69, 9.17) is 19.8 Å². The number of aliphatic carboxylic acids is 2. The van der Waals surface area contributed by atoms with Crippen molar-refractivity contribution in [3.8, 4) is 0 Å². The largest absolute Gasteiger partial charge is 0.473 e. The summed E-state index contributed by atoms with van der Waals surface area (Å²) in [6, 6.07) is 18.7. The second kappa shape index (κ2) is 10.3. The minimum atomic E-state index is -1.82. The highest BCUT2D eigenvalue weighted by Gasteiger charge is 2.22. The minimum Gasteiger partial charge on any atom is -0.473 e. The third kappa shape index (κ3) is 6.10. The number of amides is 1. The van der Waals surface area contributed by atoms with Gasteiger partial charge in [-0.05, 0) is 34.5 Å². The Morgan fingerprint density at radius 2 is 1.52 bits per heavy atom. The molecule has 8 nitrogen and oxygen atoms in total. The minimum absolute atomic E-state index is 0.0819. The standard InChI is InChI=1S/C21H21N3O.C2H2O4/c25-21(20-6-3-9-22-15-20)24-12-10-23(11-13-24)16-17-7-8-18-4-1-2-5-19(18)14-17;3-1(4)2(5)6/h1-9,14-15H,10-13,16H2;(H,3,4)(H,5,6). The number of nitrogens with zero attached hydrogens (tertiary/aromatic N) is 3. The van der Waals surface area contributed by atoms with Crippen LogP contribution in [0.5, 0.6) is 0 Å². The second-order valence-electron chi connectivity index (χ2n) is 7.10. The van der Waals surface area contributed by atoms with Crippen LogP contribution in [-0.2, 0) is 16.1 Å². The fourth-order valence-corrected chi connectivity index (χ4v) is 3.38. The first-order chi connectivity index (χ1) is 14.9. The maximum absolute atomic E-state index is 12.5. The summed E-state index contributed by atoms with van der Waals surface area (Å²) >= 11 is 0. The zero-order valence-electron chi connectivity index (χ0n) is 16.8. The van der Waals surface area contributed by atoms with Gasteiger partial charge >= 0.3 is 11.9 Å². The Labute approximate surface area is 179 Å². The molecule has 4 rings (SSSR count). The molecule has 1 fully saturated rings. The first-order valence-corrected chi connectivity index (χ1v) is 9.79. The molecule has 0 radical (unpaired) electrons. The Hall–Kier alpha value is -3.78. The van der Waals surface area contributed by atoms with Crippen LogP contribution in [0.3, 0.4) is 0 Å². The van der Waals surface area contributed by atoms with Crippen molar-refractivity contribution in [3.63, 3.8) is 0 Å². The monoisotopic (exact) mass is 421 g/mol. The zero-order valence-corrected chi connectivity index (χ0v) is 16.8. The van der Waals surface area contributed by atoms with E-state index in [0.29, 0.717) is 5.56 Å². The lowest BCUT2D eigenvalue weighted by Crippen LogP contribution is -2.48. The molecule has 1 amide bonds. The van der Waals surface area contributed by atoms with E-state index >= 15 is 0 Å². The van der Waals surface area contributed by atoms with Gasteiger partial charge in [0.1, 0.15) is 0 Å². The molecule has 0 aliphatic carbocycles. The van der Waals surface area contributed by atoms with Crippen molar-refractivity contribution in [3.05, 3.63) is 78.1 Å². The van der Waals surface area contributed by atoms with E-state index in [1.165, 1.54) is 16.3 Å². The third-order valence-corrected chi connectivity index (χ3v) is 4.97. The molecule has 1 saturated heterocycles. The average Bonchev–Trinajstić information content (AvgIpc) is 2.80. The normalized spacial score (nSPS) is 13.9. The summed E-state index contributed by atoms with van der Waals surface area (Å²) in [5.74, 6) is -3.57. The van der Waals surface area contributed by atoms with Crippen molar-refractivity contribution in [1.82, 2.24) is 14.8 Å². The van der Waals surface area contributed by atoms with E-state index < -0.39 is 11.9 Å². The summed E-state index contributed by atoms with van der Waals surface area (Å²) in [5.41, 5.74) is 2.00. The van der Waals surface area contributed by atoms with Gasteiger partial charge in [0.15, 0.2) is 0 Å². The van der Waals surface area contributed by atoms with Gasteiger partial charge in [-0.2, -0.15) is 0 Å². The highest BCUT2D eigenvalue weighted by atomic mass is 16.4. The summed E-state index contributed by atoms with van der Waals surface area (Å²) in [7, 11) is 0. The van der Waals surface area contributed by atoms with Crippen molar-refractivity contribution < 1.29 is 24.6 Å². The molecule has 160 valence electrons. The number of rotatable bonds is 3. The van der Waals surface area contributed by atoms with Crippen LogP contribution in [0.25, 0.3) is 10.8 Å². The first-order valence-electron chi connectivity index (χ1n) is 9.79. The summed E-state index contributed by atoms with van der Waals surface area (Å²) in [4.78, 5) is 39.1. The maximum atomic E-state index is 12.5. The summed E-state index contributed by atoms with van der Waals surface area (Å²) in [5, 5.41) is 17.3. The molecule has 1 aliphatic rings. The van der Waals surface area contributed by atoms with E-state index in [-0.39, 0.29) is 5.91 Å². The predicted octanol–water partition coefficient (Wildman–Crippen LogP) is 2.35. The molecule has 1 aromatic heterocycles. The van der Waals surface area contributed by atoms with E-state index in [1.807, 2.05) is 17.0 Å². The number of benzene rings is 2. The number of piperazine rings is 1. The fourth-order valence-electron chi connectivity index (χ4n) is 3.38. The summed E-state index contributed by atoms with van der Waals surface area (Å²) in [6.07, 6.45) is 3.34. The molecule has 3 aromatic rings. The molecular formula is C23H23N3O5. The van der Waals surface area contributed by atoms with Gasteiger partial charge in [-0.1, -0.05) is 36.4 Å². The molecule has 0 saturated carbocycles. The Kier molecular flexibility index (Phi) is 7.29. The lowest BCUT2D eigenvalue weighted by molar-refractivity contribution is -0.159. The molecule has 0 unspecified atom stereocenters. The van der Waals surface area contributed by atoms with E-state index in [0.717, 1.165) is 32.7 Å². The van der Waals surface area contributed by atoms with Gasteiger partial charge in [-0.3, -0.25) is 14.7 Å². The van der Waals surface area contributed by atoms with Gasteiger partial charge in [0, 0.05) is 45.1 Å². The van der Waals surface area contributed by atoms with Crippen LogP contribution in [0.2, 0.25) is 0 Å². The number of carboxylic acids is 2. The molecule has 0 spiro atoms. The van der Waals surface area contributed by atoms with Crippen LogP contribution >= 0.6 is 0 Å². The average molecular weight is 421 g/mol. The summed E-state index contributed by atoms with van der Waals surface area (Å²) < 4.78 is 0. The van der Waals surface area contributed by atoms with Gasteiger partial charge in [0.05, 0.1) is 5.56 Å². The lowest BCUT2D eigenvalue weighted by atomic mass is 10.1. The number of fused-ring (bicyclic) bond motifs is 1. The number of hydrogen-bond acceptors (Lipinski definition) is 5. The topological polar surface area (TPSA) is 111 Å². The molecule has 2 aromatic carbocycles. The Bertz CT molecular complexity index is 1050. The highest BCUT2D eigenvalue weighted by molar-refractivity contribution is 6.27. The number of hydrogen-bond donors (Lipinski definition) is 2. The highest BCUT2D eigenvalue weighted by Crippen LogP contribution is 2.18. The number of carbonyl (C=O) groups excluding carboxylic acids is 1. The van der Waals surface area contributed by atoms with Crippen molar-refractivity contribution in [1.29, 1.82) is 0 Å². The van der Waals surface area contributed by atoms with Crippen LogP contribution < -0.4 is 0 Å². The SMILES string of the molecule is O=C(O)C(=O)O.O=C(c1cccnc1)N1CCN(Cc2ccc3ccccc3c2)CC1. The second-order valence-corrected chi connectivity index (χ2v) is 7.10. The van der Waals surface area contributed by atoms with Crippen LogP contribution in [0.1, 0.15) is 15.9 Å². The molecule has 2 N–H and O–H groups in total. The maximum Gasteiger partial charge on any atom is 0.414 e. The van der Waals surface area contributed by atoms with Crippen LogP contribution in [0.4, 0.5) is 0 Å². The third-order valence-electron chi connectivity index (χ3n) is 4.97. The Balaban J connectivity index is 0.000000401. The van der Waals surface area contributed by atoms with Crippen molar-refractivity contribution in [2.45, 2.75) is 6.54 Å². The molecule has 8 heteroatoms. The molecule has 2 heterocycles. The number of pyridine rings is 1. The molecule has 0 bridgehead atoms. The van der Waals surface area contributed by atoms with Crippen LogP contribution in [0, 0.1) is 0 Å². The number of carboxylic acid groups (broad SMARTS) is 2. The van der Waals surface area contributed by atoms with Crippen LogP contribution in [0.15, 0.2) is 67.0 Å². The fraction of sp³-hybridized carbons (Fsp3) is 0.217.